The third kappa shape index (κ3) is 5.13. The summed E-state index contributed by atoms with van der Waals surface area (Å²) < 4.78 is 28.8. The number of hydrogen-bond donors (Lipinski definition) is 0. The van der Waals surface area contributed by atoms with Gasteiger partial charge in [0.1, 0.15) is 0 Å². The minimum atomic E-state index is -3.89. The van der Waals surface area contributed by atoms with Gasteiger partial charge in [-0.05, 0) is 60.0 Å². The van der Waals surface area contributed by atoms with Crippen LogP contribution in [-0.4, -0.2) is 12.7 Å². The molecule has 0 heterocycles. The summed E-state index contributed by atoms with van der Waals surface area (Å²) in [5, 5.41) is 18.5. The number of halogens is 1. The molecule has 0 amide bonds. The Morgan fingerprint density at radius 2 is 1.52 bits per heavy atom. The molecule has 156 valence electrons. The Labute approximate surface area is 187 Å². The molecule has 0 bridgehead atoms. The summed E-state index contributed by atoms with van der Waals surface area (Å²) in [5.74, 6) is 0. The fourth-order valence-electron chi connectivity index (χ4n) is 3.38. The molecule has 3 rings (SSSR count). The van der Waals surface area contributed by atoms with Gasteiger partial charge in [0.25, 0.3) is 0 Å². The molecule has 0 aliphatic heterocycles. The van der Waals surface area contributed by atoms with Crippen LogP contribution in [0, 0.1) is 22.7 Å². The summed E-state index contributed by atoms with van der Waals surface area (Å²) >= 11 is 6.07. The fraction of sp³-hybridized carbons (Fsp3) is 0.167. The first-order valence-corrected chi connectivity index (χ1v) is 11.5. The van der Waals surface area contributed by atoms with Crippen LogP contribution >= 0.6 is 11.6 Å². The van der Waals surface area contributed by atoms with E-state index in [9.17, 15) is 8.42 Å². The molecule has 5 nitrogen and oxygen atoms in total. The first kappa shape index (κ1) is 22.5. The van der Waals surface area contributed by atoms with Crippen molar-refractivity contribution in [3.05, 3.63) is 100 Å². The lowest BCUT2D eigenvalue weighted by molar-refractivity contribution is 0.310. The van der Waals surface area contributed by atoms with Crippen LogP contribution in [0.4, 0.5) is 0 Å². The van der Waals surface area contributed by atoms with Crippen molar-refractivity contribution in [2.24, 2.45) is 0 Å². The molecule has 1 unspecified atom stereocenters. The molecule has 0 saturated carbocycles. The van der Waals surface area contributed by atoms with Crippen molar-refractivity contribution in [2.75, 3.05) is 0 Å². The lowest BCUT2D eigenvalue weighted by Crippen LogP contribution is -2.34. The molecule has 1 atom stereocenters. The summed E-state index contributed by atoms with van der Waals surface area (Å²) in [5.41, 5.74) is 2.57. The van der Waals surface area contributed by atoms with E-state index in [0.29, 0.717) is 22.6 Å². The topological polar surface area (TPSA) is 85.0 Å². The maximum absolute atomic E-state index is 13.7. The van der Waals surface area contributed by atoms with E-state index in [4.69, 9.17) is 22.1 Å². The van der Waals surface area contributed by atoms with Gasteiger partial charge in [-0.2, -0.15) is 14.8 Å². The molecule has 0 radical (unpaired) electrons. The van der Waals surface area contributed by atoms with Crippen LogP contribution in [0.2, 0.25) is 5.02 Å². The predicted octanol–water partition coefficient (Wildman–Crippen LogP) is 5.43. The maximum Gasteiger partial charge on any atom is 0.243 e. The average Bonchev–Trinajstić information content (AvgIpc) is 2.79. The molecule has 0 saturated heterocycles. The van der Waals surface area contributed by atoms with Crippen LogP contribution in [0.25, 0.3) is 0 Å². The highest BCUT2D eigenvalue weighted by molar-refractivity contribution is 7.89. The first-order chi connectivity index (χ1) is 14.9. The minimum absolute atomic E-state index is 0.112. The summed E-state index contributed by atoms with van der Waals surface area (Å²) in [7, 11) is -3.89. The van der Waals surface area contributed by atoms with Gasteiger partial charge >= 0.3 is 0 Å². The summed E-state index contributed by atoms with van der Waals surface area (Å²) in [6.07, 6.45) is 0.530. The van der Waals surface area contributed by atoms with E-state index < -0.39 is 16.1 Å². The third-order valence-corrected chi connectivity index (χ3v) is 7.07. The van der Waals surface area contributed by atoms with Gasteiger partial charge in [-0.15, -0.1) is 0 Å². The molecule has 0 N–H and O–H groups in total. The highest BCUT2D eigenvalue weighted by Crippen LogP contribution is 2.33. The van der Waals surface area contributed by atoms with E-state index >= 15 is 0 Å². The summed E-state index contributed by atoms with van der Waals surface area (Å²) in [6.45, 7) is 2.04. The molecule has 0 fully saturated rings. The number of hydrogen-bond acceptors (Lipinski definition) is 4. The number of nitriles is 2. The Morgan fingerprint density at radius 3 is 2.03 bits per heavy atom. The van der Waals surface area contributed by atoms with Crippen LogP contribution in [-0.2, 0) is 16.6 Å². The van der Waals surface area contributed by atoms with E-state index in [0.717, 1.165) is 11.1 Å². The van der Waals surface area contributed by atoms with Gasteiger partial charge in [-0.3, -0.25) is 0 Å². The second-order valence-corrected chi connectivity index (χ2v) is 9.30. The largest absolute Gasteiger partial charge is 0.243 e. The zero-order valence-electron chi connectivity index (χ0n) is 16.9. The number of rotatable bonds is 7. The standard InChI is InChI=1S/C24H20ClN3O2S/c1-2-24(21-12-10-19(16-27)11-13-21)28(17-20-8-6-18(15-26)7-9-20)31(29,30)23-5-3-4-22(25)14-23/h3-14,24H,2,17H2,1H3. The molecule has 0 aliphatic carbocycles. The molecule has 31 heavy (non-hydrogen) atoms. The third-order valence-electron chi connectivity index (χ3n) is 4.98. The number of sulfonamides is 1. The van der Waals surface area contributed by atoms with E-state index in [-0.39, 0.29) is 11.4 Å². The normalized spacial score (nSPS) is 12.2. The second-order valence-electron chi connectivity index (χ2n) is 6.97. The van der Waals surface area contributed by atoms with Gasteiger partial charge < -0.3 is 0 Å². The molecular formula is C24H20ClN3O2S. The summed E-state index contributed by atoms with van der Waals surface area (Å²) in [4.78, 5) is 0.112. The highest BCUT2D eigenvalue weighted by atomic mass is 35.5. The van der Waals surface area contributed by atoms with Crippen molar-refractivity contribution >= 4 is 21.6 Å². The Bertz CT molecular complexity index is 1240. The molecule has 0 spiro atoms. The zero-order chi connectivity index (χ0) is 22.4. The smallest absolute Gasteiger partial charge is 0.207 e. The van der Waals surface area contributed by atoms with Crippen molar-refractivity contribution in [1.82, 2.24) is 4.31 Å². The van der Waals surface area contributed by atoms with Crippen molar-refractivity contribution in [3.63, 3.8) is 0 Å². The average molecular weight is 450 g/mol. The van der Waals surface area contributed by atoms with Crippen LogP contribution < -0.4 is 0 Å². The van der Waals surface area contributed by atoms with Crippen LogP contribution in [0.15, 0.2) is 77.7 Å². The lowest BCUT2D eigenvalue weighted by Gasteiger charge is -2.31. The molecule has 3 aromatic rings. The Balaban J connectivity index is 2.09. The quantitative estimate of drug-likeness (QED) is 0.481. The maximum atomic E-state index is 13.7. The Morgan fingerprint density at radius 1 is 0.935 bits per heavy atom. The van der Waals surface area contributed by atoms with E-state index in [2.05, 4.69) is 12.1 Å². The molecule has 7 heteroatoms. The van der Waals surface area contributed by atoms with Crippen LogP contribution in [0.1, 0.15) is 41.6 Å². The van der Waals surface area contributed by atoms with Gasteiger partial charge in [0.05, 0.1) is 34.2 Å². The van der Waals surface area contributed by atoms with Crippen LogP contribution in [0.5, 0.6) is 0 Å². The Kier molecular flexibility index (Phi) is 7.09. The van der Waals surface area contributed by atoms with Crippen molar-refractivity contribution in [3.8, 4) is 12.1 Å². The van der Waals surface area contributed by atoms with Gasteiger partial charge in [-0.25, -0.2) is 8.42 Å². The predicted molar refractivity (Wildman–Crippen MR) is 120 cm³/mol. The summed E-state index contributed by atoms with van der Waals surface area (Å²) in [6, 6.07) is 23.7. The van der Waals surface area contributed by atoms with Gasteiger partial charge in [0.2, 0.25) is 10.0 Å². The van der Waals surface area contributed by atoms with Crippen LogP contribution in [0.3, 0.4) is 0 Å². The number of nitrogens with zero attached hydrogens (tertiary/aromatic N) is 3. The fourth-order valence-corrected chi connectivity index (χ4v) is 5.35. The van der Waals surface area contributed by atoms with Crippen molar-refractivity contribution in [1.29, 1.82) is 10.5 Å². The van der Waals surface area contributed by atoms with Gasteiger partial charge in [0, 0.05) is 11.6 Å². The van der Waals surface area contributed by atoms with Crippen molar-refractivity contribution in [2.45, 2.75) is 30.8 Å². The molecule has 0 aromatic heterocycles. The second kappa shape index (κ2) is 9.76. The van der Waals surface area contributed by atoms with E-state index in [1.165, 1.54) is 16.4 Å². The van der Waals surface area contributed by atoms with E-state index in [1.807, 2.05) is 6.92 Å². The first-order valence-electron chi connectivity index (χ1n) is 9.65. The van der Waals surface area contributed by atoms with E-state index in [1.54, 1.807) is 60.7 Å². The van der Waals surface area contributed by atoms with Gasteiger partial charge in [0.15, 0.2) is 0 Å². The minimum Gasteiger partial charge on any atom is -0.207 e. The molecular weight excluding hydrogens is 430 g/mol. The van der Waals surface area contributed by atoms with Gasteiger partial charge in [-0.1, -0.05) is 48.9 Å². The monoisotopic (exact) mass is 449 g/mol. The molecule has 3 aromatic carbocycles. The SMILES string of the molecule is CCC(c1ccc(C#N)cc1)N(Cc1ccc(C#N)cc1)S(=O)(=O)c1cccc(Cl)c1. The van der Waals surface area contributed by atoms with Crippen molar-refractivity contribution < 1.29 is 8.42 Å². The lowest BCUT2D eigenvalue weighted by atomic mass is 10.0. The molecule has 0 aliphatic rings. The number of benzene rings is 3. The zero-order valence-corrected chi connectivity index (χ0v) is 18.4. The Hall–Kier alpha value is -3.16. The highest BCUT2D eigenvalue weighted by Gasteiger charge is 2.32.